The number of carboxylic acid groups (broad SMARTS) is 1. The van der Waals surface area contributed by atoms with E-state index in [1.807, 2.05) is 6.92 Å². The van der Waals surface area contributed by atoms with Crippen molar-refractivity contribution in [3.63, 3.8) is 0 Å². The second-order valence-electron chi connectivity index (χ2n) is 4.54. The first-order valence-corrected chi connectivity index (χ1v) is 6.68. The van der Waals surface area contributed by atoms with Gasteiger partial charge >= 0.3 is 5.97 Å². The molecule has 0 aliphatic heterocycles. The van der Waals surface area contributed by atoms with Crippen LogP contribution in [0.25, 0.3) is 0 Å². The summed E-state index contributed by atoms with van der Waals surface area (Å²) < 4.78 is 5.08. The third-order valence-electron chi connectivity index (χ3n) is 3.08. The molecule has 106 valence electrons. The Hall–Kier alpha value is -1.78. The van der Waals surface area contributed by atoms with E-state index in [2.05, 4.69) is 12.2 Å². The maximum Gasteiger partial charge on any atom is 0.371 e. The average molecular weight is 267 g/mol. The summed E-state index contributed by atoms with van der Waals surface area (Å²) in [5.41, 5.74) is 0. The summed E-state index contributed by atoms with van der Waals surface area (Å²) in [5, 5.41) is 11.5. The van der Waals surface area contributed by atoms with E-state index < -0.39 is 5.97 Å². The minimum Gasteiger partial charge on any atom is -0.475 e. The van der Waals surface area contributed by atoms with E-state index in [4.69, 9.17) is 9.52 Å². The van der Waals surface area contributed by atoms with Crippen LogP contribution in [-0.4, -0.2) is 17.0 Å². The fraction of sp³-hybridized carbons (Fsp3) is 0.571. The fourth-order valence-corrected chi connectivity index (χ4v) is 1.88. The monoisotopic (exact) mass is 267 g/mol. The van der Waals surface area contributed by atoms with E-state index in [1.165, 1.54) is 6.07 Å². The first-order valence-electron chi connectivity index (χ1n) is 6.68. The van der Waals surface area contributed by atoms with Crippen LogP contribution in [0.15, 0.2) is 16.5 Å². The Morgan fingerprint density at radius 2 is 2.11 bits per heavy atom. The maximum absolute atomic E-state index is 11.9. The topological polar surface area (TPSA) is 79.5 Å². The zero-order valence-electron chi connectivity index (χ0n) is 11.4. The van der Waals surface area contributed by atoms with Gasteiger partial charge in [0.15, 0.2) is 0 Å². The molecule has 1 aromatic rings. The van der Waals surface area contributed by atoms with E-state index >= 15 is 0 Å². The quantitative estimate of drug-likeness (QED) is 0.759. The number of hydrogen-bond donors (Lipinski definition) is 2. The molecule has 0 radical (unpaired) electrons. The number of carbonyl (C=O) groups excluding carboxylic acids is 1. The number of carbonyl (C=O) groups is 2. The number of rotatable bonds is 8. The summed E-state index contributed by atoms with van der Waals surface area (Å²) in [7, 11) is 0. The molecule has 2 N–H and O–H groups in total. The lowest BCUT2D eigenvalue weighted by atomic mass is 9.98. The van der Waals surface area contributed by atoms with Gasteiger partial charge in [-0.25, -0.2) is 4.79 Å². The summed E-state index contributed by atoms with van der Waals surface area (Å²) in [4.78, 5) is 22.6. The molecule has 1 unspecified atom stereocenters. The van der Waals surface area contributed by atoms with Gasteiger partial charge in [-0.15, -0.1) is 0 Å². The van der Waals surface area contributed by atoms with Gasteiger partial charge < -0.3 is 14.8 Å². The number of aromatic carboxylic acids is 1. The molecule has 0 aliphatic rings. The van der Waals surface area contributed by atoms with Crippen LogP contribution in [0.2, 0.25) is 0 Å². The predicted molar refractivity (Wildman–Crippen MR) is 70.8 cm³/mol. The van der Waals surface area contributed by atoms with Crippen molar-refractivity contribution in [2.24, 2.45) is 5.92 Å². The summed E-state index contributed by atoms with van der Waals surface area (Å²) >= 11 is 0. The first-order chi connectivity index (χ1) is 9.08. The summed E-state index contributed by atoms with van der Waals surface area (Å²) in [6, 6.07) is 2.95. The smallest absolute Gasteiger partial charge is 0.371 e. The summed E-state index contributed by atoms with van der Waals surface area (Å²) in [5.74, 6) is -0.733. The molecule has 0 bridgehead atoms. The van der Waals surface area contributed by atoms with Crippen molar-refractivity contribution < 1.29 is 19.1 Å². The Kier molecular flexibility index (Phi) is 6.12. The predicted octanol–water partition coefficient (Wildman–Crippen LogP) is 2.81. The third-order valence-corrected chi connectivity index (χ3v) is 3.08. The van der Waals surface area contributed by atoms with Gasteiger partial charge in [0, 0.05) is 5.92 Å². The zero-order chi connectivity index (χ0) is 14.3. The maximum atomic E-state index is 11.9. The van der Waals surface area contributed by atoms with Crippen molar-refractivity contribution in [2.75, 3.05) is 0 Å². The van der Waals surface area contributed by atoms with Gasteiger partial charge in [-0.3, -0.25) is 4.79 Å². The second kappa shape index (κ2) is 7.61. The highest BCUT2D eigenvalue weighted by molar-refractivity contribution is 5.84. The molecule has 0 saturated heterocycles. The number of hydrogen-bond acceptors (Lipinski definition) is 3. The molecule has 1 atom stereocenters. The molecular formula is C14H21NO4. The van der Waals surface area contributed by atoms with Crippen LogP contribution in [0.5, 0.6) is 0 Å². The van der Waals surface area contributed by atoms with Crippen LogP contribution in [0.3, 0.4) is 0 Å². The van der Waals surface area contributed by atoms with Gasteiger partial charge in [-0.05, 0) is 25.0 Å². The molecule has 0 fully saturated rings. The molecule has 19 heavy (non-hydrogen) atoms. The second-order valence-corrected chi connectivity index (χ2v) is 4.54. The number of furan rings is 1. The standard InChI is InChI=1S/C14H21NO4/c1-3-5-6-10(4-2)13(16)15-9-11-7-8-12(19-11)14(17)18/h7-8,10H,3-6,9H2,1-2H3,(H,15,16)(H,17,18). The Labute approximate surface area is 113 Å². The van der Waals surface area contributed by atoms with E-state index in [-0.39, 0.29) is 24.1 Å². The van der Waals surface area contributed by atoms with Gasteiger partial charge in [-0.2, -0.15) is 0 Å². The largest absolute Gasteiger partial charge is 0.475 e. The van der Waals surface area contributed by atoms with Crippen molar-refractivity contribution in [2.45, 2.75) is 46.1 Å². The highest BCUT2D eigenvalue weighted by Crippen LogP contribution is 2.13. The van der Waals surface area contributed by atoms with Gasteiger partial charge in [-0.1, -0.05) is 26.7 Å². The average Bonchev–Trinajstić information content (AvgIpc) is 2.86. The Morgan fingerprint density at radius 3 is 2.63 bits per heavy atom. The first kappa shape index (κ1) is 15.3. The molecule has 0 saturated carbocycles. The van der Waals surface area contributed by atoms with Gasteiger partial charge in [0.25, 0.3) is 0 Å². The SMILES string of the molecule is CCCCC(CC)C(=O)NCc1ccc(C(=O)O)o1. The minimum absolute atomic E-state index is 0.00391. The molecule has 1 heterocycles. The van der Waals surface area contributed by atoms with Crippen LogP contribution in [0, 0.1) is 5.92 Å². The van der Waals surface area contributed by atoms with Crippen LogP contribution >= 0.6 is 0 Å². The molecule has 1 rings (SSSR count). The van der Waals surface area contributed by atoms with Gasteiger partial charge in [0.05, 0.1) is 6.54 Å². The molecule has 0 aromatic carbocycles. The molecule has 0 spiro atoms. The lowest BCUT2D eigenvalue weighted by Gasteiger charge is -2.13. The molecule has 0 aliphatic carbocycles. The number of amides is 1. The van der Waals surface area contributed by atoms with Crippen LogP contribution in [0.1, 0.15) is 55.8 Å². The third kappa shape index (κ3) is 4.77. The fourth-order valence-electron chi connectivity index (χ4n) is 1.88. The molecule has 1 aromatic heterocycles. The molecular weight excluding hydrogens is 246 g/mol. The lowest BCUT2D eigenvalue weighted by Crippen LogP contribution is -2.29. The summed E-state index contributed by atoms with van der Waals surface area (Å²) in [6.07, 6.45) is 3.81. The minimum atomic E-state index is -1.10. The normalized spacial score (nSPS) is 12.1. The molecule has 5 heteroatoms. The highest BCUT2D eigenvalue weighted by Gasteiger charge is 2.16. The Morgan fingerprint density at radius 1 is 1.37 bits per heavy atom. The van der Waals surface area contributed by atoms with E-state index in [0.717, 1.165) is 25.7 Å². The van der Waals surface area contributed by atoms with Gasteiger partial charge in [0.1, 0.15) is 5.76 Å². The zero-order valence-corrected chi connectivity index (χ0v) is 11.4. The van der Waals surface area contributed by atoms with E-state index in [1.54, 1.807) is 6.07 Å². The number of carboxylic acids is 1. The number of unbranched alkanes of at least 4 members (excludes halogenated alkanes) is 1. The summed E-state index contributed by atoms with van der Waals surface area (Å²) in [6.45, 7) is 4.32. The van der Waals surface area contributed by atoms with E-state index in [9.17, 15) is 9.59 Å². The van der Waals surface area contributed by atoms with Crippen molar-refractivity contribution in [1.29, 1.82) is 0 Å². The van der Waals surface area contributed by atoms with Crippen LogP contribution in [0.4, 0.5) is 0 Å². The van der Waals surface area contributed by atoms with Crippen molar-refractivity contribution >= 4 is 11.9 Å². The Bertz CT molecular complexity index is 425. The highest BCUT2D eigenvalue weighted by atomic mass is 16.4. The Balaban J connectivity index is 2.45. The number of nitrogens with one attached hydrogen (secondary N) is 1. The molecule has 5 nitrogen and oxygen atoms in total. The van der Waals surface area contributed by atoms with Crippen LogP contribution in [-0.2, 0) is 11.3 Å². The van der Waals surface area contributed by atoms with Crippen LogP contribution < -0.4 is 5.32 Å². The van der Waals surface area contributed by atoms with E-state index in [0.29, 0.717) is 5.76 Å². The van der Waals surface area contributed by atoms with Crippen molar-refractivity contribution in [3.8, 4) is 0 Å². The van der Waals surface area contributed by atoms with Crippen molar-refractivity contribution in [3.05, 3.63) is 23.7 Å². The van der Waals surface area contributed by atoms with Gasteiger partial charge in [0.2, 0.25) is 11.7 Å². The lowest BCUT2D eigenvalue weighted by molar-refractivity contribution is -0.125. The van der Waals surface area contributed by atoms with Crippen molar-refractivity contribution in [1.82, 2.24) is 5.32 Å². The molecule has 1 amide bonds.